The summed E-state index contributed by atoms with van der Waals surface area (Å²) in [5.41, 5.74) is 1.16. The minimum Gasteiger partial charge on any atom is -0.493 e. The number of aromatic nitrogens is 1. The standard InChI is InChI=1S/C24H19BrClNO4S/c1-30-24(29)23-17(13-28)21-19(8-7-18(26)22(21)25)27(23)9-4-10-31-20-12-15(32)11-14-5-2-3-6-16(14)20/h2-3,5-8,11-13,32H,4,9-10H2,1H3. The molecule has 4 aromatic rings. The van der Waals surface area contributed by atoms with Crippen molar-refractivity contribution in [1.29, 1.82) is 0 Å². The molecule has 4 rings (SSSR count). The minimum atomic E-state index is -0.582. The van der Waals surface area contributed by atoms with E-state index in [0.717, 1.165) is 21.4 Å². The number of rotatable bonds is 7. The number of hydrogen-bond acceptors (Lipinski definition) is 5. The Bertz CT molecular complexity index is 1350. The van der Waals surface area contributed by atoms with Gasteiger partial charge >= 0.3 is 5.97 Å². The molecule has 0 atom stereocenters. The van der Waals surface area contributed by atoms with E-state index in [1.165, 1.54) is 7.11 Å². The number of benzene rings is 3. The van der Waals surface area contributed by atoms with Crippen molar-refractivity contribution < 1.29 is 19.1 Å². The van der Waals surface area contributed by atoms with Crippen LogP contribution in [-0.2, 0) is 11.3 Å². The number of halogens is 2. The summed E-state index contributed by atoms with van der Waals surface area (Å²) >= 11 is 14.1. The second kappa shape index (κ2) is 9.57. The van der Waals surface area contributed by atoms with Crippen molar-refractivity contribution in [2.24, 2.45) is 0 Å². The van der Waals surface area contributed by atoms with Crippen LogP contribution in [0.2, 0.25) is 5.02 Å². The quantitative estimate of drug-likeness (QED) is 0.127. The van der Waals surface area contributed by atoms with Crippen molar-refractivity contribution >= 4 is 74.1 Å². The number of thiol groups is 1. The predicted octanol–water partition coefficient (Wildman–Crippen LogP) is 6.57. The molecule has 0 saturated heterocycles. The SMILES string of the molecule is COC(=O)c1c(C=O)c2c(Br)c(Cl)ccc2n1CCCOc1cc(S)cc2ccccc12. The lowest BCUT2D eigenvalue weighted by Gasteiger charge is -2.13. The summed E-state index contributed by atoms with van der Waals surface area (Å²) in [6.45, 7) is 0.855. The van der Waals surface area contributed by atoms with Crippen molar-refractivity contribution in [1.82, 2.24) is 4.57 Å². The second-order valence-electron chi connectivity index (χ2n) is 7.15. The fourth-order valence-corrected chi connectivity index (χ4v) is 4.82. The van der Waals surface area contributed by atoms with E-state index in [4.69, 9.17) is 21.1 Å². The zero-order valence-corrected chi connectivity index (χ0v) is 20.3. The number of esters is 1. The van der Waals surface area contributed by atoms with E-state index in [9.17, 15) is 9.59 Å². The fourth-order valence-electron chi connectivity index (χ4n) is 3.85. The highest BCUT2D eigenvalue weighted by molar-refractivity contribution is 9.10. The maximum absolute atomic E-state index is 12.5. The van der Waals surface area contributed by atoms with Crippen LogP contribution in [0.1, 0.15) is 27.3 Å². The zero-order valence-electron chi connectivity index (χ0n) is 17.1. The van der Waals surface area contributed by atoms with Gasteiger partial charge in [-0.1, -0.05) is 35.9 Å². The van der Waals surface area contributed by atoms with Gasteiger partial charge in [-0.05, 0) is 52.0 Å². The Balaban J connectivity index is 1.63. The Kier molecular flexibility index (Phi) is 6.79. The van der Waals surface area contributed by atoms with E-state index >= 15 is 0 Å². The number of carbonyl (C=O) groups excluding carboxylic acids is 2. The molecule has 0 saturated carbocycles. The summed E-state index contributed by atoms with van der Waals surface area (Å²) in [4.78, 5) is 25.2. The third kappa shape index (κ3) is 4.12. The fraction of sp³-hybridized carbons (Fsp3) is 0.167. The Hall–Kier alpha value is -2.48. The number of ether oxygens (including phenoxy) is 2. The topological polar surface area (TPSA) is 57.5 Å². The van der Waals surface area contributed by atoms with E-state index in [-0.39, 0.29) is 11.3 Å². The van der Waals surface area contributed by atoms with E-state index in [2.05, 4.69) is 28.6 Å². The second-order valence-corrected chi connectivity index (χ2v) is 8.86. The molecule has 8 heteroatoms. The molecule has 0 bridgehead atoms. The van der Waals surface area contributed by atoms with Crippen molar-refractivity contribution in [2.45, 2.75) is 17.9 Å². The molecule has 3 aromatic carbocycles. The van der Waals surface area contributed by atoms with Gasteiger partial charge in [0.1, 0.15) is 11.4 Å². The summed E-state index contributed by atoms with van der Waals surface area (Å²) in [6, 6.07) is 15.3. The van der Waals surface area contributed by atoms with Crippen LogP contribution < -0.4 is 4.74 Å². The molecule has 0 unspecified atom stereocenters. The first-order chi connectivity index (χ1) is 15.5. The van der Waals surface area contributed by atoms with Crippen molar-refractivity contribution in [3.63, 3.8) is 0 Å². The van der Waals surface area contributed by atoms with Gasteiger partial charge in [0, 0.05) is 26.7 Å². The summed E-state index contributed by atoms with van der Waals surface area (Å²) in [7, 11) is 1.29. The van der Waals surface area contributed by atoms with Gasteiger partial charge in [0.15, 0.2) is 6.29 Å². The molecule has 0 amide bonds. The molecule has 0 aliphatic carbocycles. The summed E-state index contributed by atoms with van der Waals surface area (Å²) in [6.07, 6.45) is 1.25. The molecule has 32 heavy (non-hydrogen) atoms. The van der Waals surface area contributed by atoms with Crippen molar-refractivity contribution in [3.8, 4) is 5.75 Å². The number of hydrogen-bond donors (Lipinski definition) is 1. The molecule has 5 nitrogen and oxygen atoms in total. The molecule has 0 spiro atoms. The molecule has 0 aliphatic rings. The first-order valence-corrected chi connectivity index (χ1v) is 11.5. The van der Waals surface area contributed by atoms with Crippen LogP contribution in [0.15, 0.2) is 57.9 Å². The van der Waals surface area contributed by atoms with Crippen LogP contribution in [-0.4, -0.2) is 30.5 Å². The number of fused-ring (bicyclic) bond motifs is 2. The van der Waals surface area contributed by atoms with Gasteiger partial charge in [-0.15, -0.1) is 12.6 Å². The third-order valence-electron chi connectivity index (χ3n) is 5.25. The first kappa shape index (κ1) is 22.7. The van der Waals surface area contributed by atoms with Crippen LogP contribution in [0.3, 0.4) is 0 Å². The molecule has 0 aliphatic heterocycles. The molecular formula is C24H19BrClNO4S. The van der Waals surface area contributed by atoms with Gasteiger partial charge in [-0.25, -0.2) is 4.79 Å². The molecule has 0 fully saturated rings. The molecule has 1 heterocycles. The monoisotopic (exact) mass is 531 g/mol. The zero-order chi connectivity index (χ0) is 22.8. The Morgan fingerprint density at radius 3 is 2.75 bits per heavy atom. The average molecular weight is 533 g/mol. The molecule has 164 valence electrons. The normalized spacial score (nSPS) is 11.1. The van der Waals surface area contributed by atoms with Crippen LogP contribution in [0.25, 0.3) is 21.7 Å². The highest BCUT2D eigenvalue weighted by Gasteiger charge is 2.25. The number of nitrogens with zero attached hydrogens (tertiary/aromatic N) is 1. The van der Waals surface area contributed by atoms with Crippen molar-refractivity contribution in [3.05, 3.63) is 69.3 Å². The number of aldehydes is 1. The maximum Gasteiger partial charge on any atom is 0.355 e. The van der Waals surface area contributed by atoms with Crippen LogP contribution in [0, 0.1) is 0 Å². The highest BCUT2D eigenvalue weighted by atomic mass is 79.9. The van der Waals surface area contributed by atoms with Crippen LogP contribution in [0.5, 0.6) is 5.75 Å². The Morgan fingerprint density at radius 2 is 2.00 bits per heavy atom. The lowest BCUT2D eigenvalue weighted by molar-refractivity contribution is 0.0586. The Labute approximate surface area is 203 Å². The van der Waals surface area contributed by atoms with E-state index in [0.29, 0.717) is 46.3 Å². The maximum atomic E-state index is 12.5. The van der Waals surface area contributed by atoms with Crippen molar-refractivity contribution in [2.75, 3.05) is 13.7 Å². The lowest BCUT2D eigenvalue weighted by Crippen LogP contribution is -2.14. The number of methoxy groups -OCH3 is 1. The van der Waals surface area contributed by atoms with E-state index in [1.807, 2.05) is 36.4 Å². The van der Waals surface area contributed by atoms with E-state index < -0.39 is 5.97 Å². The largest absolute Gasteiger partial charge is 0.493 e. The third-order valence-corrected chi connectivity index (χ3v) is 6.87. The lowest BCUT2D eigenvalue weighted by atomic mass is 10.1. The number of carbonyl (C=O) groups is 2. The highest BCUT2D eigenvalue weighted by Crippen LogP contribution is 2.37. The number of aryl methyl sites for hydroxylation is 1. The van der Waals surface area contributed by atoms with Crippen LogP contribution >= 0.6 is 40.2 Å². The Morgan fingerprint density at radius 1 is 1.22 bits per heavy atom. The van der Waals surface area contributed by atoms with E-state index in [1.54, 1.807) is 16.7 Å². The van der Waals surface area contributed by atoms with Gasteiger partial charge in [-0.3, -0.25) is 4.79 Å². The summed E-state index contributed by atoms with van der Waals surface area (Å²) in [5.74, 6) is 0.169. The van der Waals surface area contributed by atoms with Gasteiger partial charge < -0.3 is 14.0 Å². The molecule has 0 N–H and O–H groups in total. The summed E-state index contributed by atoms with van der Waals surface area (Å²) in [5, 5.41) is 3.10. The molecule has 1 aromatic heterocycles. The average Bonchev–Trinajstić information content (AvgIpc) is 3.12. The van der Waals surface area contributed by atoms with Crippen LogP contribution in [0.4, 0.5) is 0 Å². The predicted molar refractivity (Wildman–Crippen MR) is 133 cm³/mol. The van der Waals surface area contributed by atoms with Gasteiger partial charge in [0.25, 0.3) is 0 Å². The van der Waals surface area contributed by atoms with Gasteiger partial charge in [0.2, 0.25) is 0 Å². The summed E-state index contributed by atoms with van der Waals surface area (Å²) < 4.78 is 13.4. The van der Waals surface area contributed by atoms with Gasteiger partial charge in [-0.2, -0.15) is 0 Å². The first-order valence-electron chi connectivity index (χ1n) is 9.84. The molecular weight excluding hydrogens is 514 g/mol. The van der Waals surface area contributed by atoms with Gasteiger partial charge in [0.05, 0.1) is 29.8 Å². The minimum absolute atomic E-state index is 0.197. The smallest absolute Gasteiger partial charge is 0.355 e. The molecule has 0 radical (unpaired) electrons.